The van der Waals surface area contributed by atoms with Crippen molar-refractivity contribution in [1.29, 1.82) is 0 Å². The predicted molar refractivity (Wildman–Crippen MR) is 79.1 cm³/mol. The van der Waals surface area contributed by atoms with Gasteiger partial charge in [-0.3, -0.25) is 4.79 Å². The van der Waals surface area contributed by atoms with Gasteiger partial charge in [-0.05, 0) is 12.1 Å². The van der Waals surface area contributed by atoms with Crippen LogP contribution in [0.25, 0.3) is 11.1 Å². The van der Waals surface area contributed by atoms with Crippen LogP contribution in [0, 0.1) is 5.82 Å². The number of nitrogens with zero attached hydrogens (tertiary/aromatic N) is 1. The summed E-state index contributed by atoms with van der Waals surface area (Å²) in [6, 6.07) is 8.85. The molecule has 6 heteroatoms. The number of hydrogen-bond acceptors (Lipinski definition) is 4. The summed E-state index contributed by atoms with van der Waals surface area (Å²) in [6.45, 7) is 0. The largest absolute Gasteiger partial charge is 0.504 e. The fraction of sp³-hybridized carbons (Fsp3) is 0.125. The van der Waals surface area contributed by atoms with Gasteiger partial charge in [0.2, 0.25) is 5.91 Å². The summed E-state index contributed by atoms with van der Waals surface area (Å²) in [5, 5.41) is 23.3. The van der Waals surface area contributed by atoms with E-state index in [1.807, 2.05) is 0 Å². The van der Waals surface area contributed by atoms with Crippen LogP contribution in [-0.2, 0) is 4.79 Å². The summed E-state index contributed by atoms with van der Waals surface area (Å²) >= 11 is 0. The second-order valence-electron chi connectivity index (χ2n) is 4.96. The van der Waals surface area contributed by atoms with Gasteiger partial charge in [-0.15, -0.1) is 0 Å². The molecule has 0 aromatic heterocycles. The number of benzene rings is 2. The molecule has 1 aliphatic heterocycles. The highest BCUT2D eigenvalue weighted by Gasteiger charge is 2.17. The van der Waals surface area contributed by atoms with Gasteiger partial charge in [0, 0.05) is 29.5 Å². The molecule has 3 N–H and O–H groups in total. The Bertz CT molecular complexity index is 787. The molecule has 0 spiro atoms. The third-order valence-electron chi connectivity index (χ3n) is 3.51. The zero-order valence-electron chi connectivity index (χ0n) is 11.5. The highest BCUT2D eigenvalue weighted by Crippen LogP contribution is 2.37. The van der Waals surface area contributed by atoms with Gasteiger partial charge in [0.25, 0.3) is 0 Å². The number of carbonyl (C=O) groups is 1. The number of aromatic hydroxyl groups is 2. The van der Waals surface area contributed by atoms with Crippen molar-refractivity contribution in [3.05, 3.63) is 47.8 Å². The Hall–Kier alpha value is -2.89. The number of hydrogen-bond donors (Lipinski definition) is 3. The molecule has 1 aliphatic rings. The molecule has 22 heavy (non-hydrogen) atoms. The van der Waals surface area contributed by atoms with Gasteiger partial charge >= 0.3 is 0 Å². The first-order valence-electron chi connectivity index (χ1n) is 6.73. The smallest absolute Gasteiger partial charge is 0.240 e. The van der Waals surface area contributed by atoms with Crippen molar-refractivity contribution in [3.63, 3.8) is 0 Å². The minimum Gasteiger partial charge on any atom is -0.504 e. The van der Waals surface area contributed by atoms with Gasteiger partial charge in [-0.25, -0.2) is 9.82 Å². The van der Waals surface area contributed by atoms with Gasteiger partial charge in [0.1, 0.15) is 5.82 Å². The van der Waals surface area contributed by atoms with Crippen molar-refractivity contribution < 1.29 is 19.4 Å². The maximum absolute atomic E-state index is 14.3. The van der Waals surface area contributed by atoms with Crippen LogP contribution in [0.3, 0.4) is 0 Å². The lowest BCUT2D eigenvalue weighted by Crippen LogP contribution is -2.25. The number of phenolic OH excluding ortho intramolecular Hbond substituents is 2. The quantitative estimate of drug-likeness (QED) is 0.745. The topological polar surface area (TPSA) is 81.9 Å². The lowest BCUT2D eigenvalue weighted by atomic mass is 9.98. The molecule has 0 bridgehead atoms. The number of hydrazone groups is 1. The molecule has 1 heterocycles. The van der Waals surface area contributed by atoms with E-state index in [0.717, 1.165) is 0 Å². The van der Waals surface area contributed by atoms with Gasteiger partial charge in [-0.1, -0.05) is 24.3 Å². The van der Waals surface area contributed by atoms with Gasteiger partial charge < -0.3 is 10.2 Å². The zero-order chi connectivity index (χ0) is 15.7. The first-order valence-corrected chi connectivity index (χ1v) is 6.73. The molecular formula is C16H13FN2O3. The van der Waals surface area contributed by atoms with Crippen LogP contribution in [-0.4, -0.2) is 21.8 Å². The Morgan fingerprint density at radius 2 is 1.91 bits per heavy atom. The van der Waals surface area contributed by atoms with Crippen LogP contribution in [0.15, 0.2) is 41.5 Å². The van der Waals surface area contributed by atoms with Gasteiger partial charge in [0.15, 0.2) is 11.5 Å². The molecule has 2 aromatic carbocycles. The van der Waals surface area contributed by atoms with E-state index in [9.17, 15) is 19.4 Å². The summed E-state index contributed by atoms with van der Waals surface area (Å²) in [5.41, 5.74) is 3.93. The minimum atomic E-state index is -0.544. The number of nitrogens with one attached hydrogen (secondary N) is 1. The fourth-order valence-corrected chi connectivity index (χ4v) is 2.34. The van der Waals surface area contributed by atoms with E-state index in [1.54, 1.807) is 6.07 Å². The summed E-state index contributed by atoms with van der Waals surface area (Å²) in [6.07, 6.45) is 0.761. The number of para-hydroxylation sites is 1. The summed E-state index contributed by atoms with van der Waals surface area (Å²) < 4.78 is 14.3. The van der Waals surface area contributed by atoms with Gasteiger partial charge in [-0.2, -0.15) is 5.10 Å². The molecule has 1 amide bonds. The molecule has 0 fully saturated rings. The second-order valence-corrected chi connectivity index (χ2v) is 4.96. The highest BCUT2D eigenvalue weighted by molar-refractivity contribution is 6.04. The molecule has 0 atom stereocenters. The van der Waals surface area contributed by atoms with Crippen LogP contribution in [0.1, 0.15) is 18.4 Å². The van der Waals surface area contributed by atoms with Crippen LogP contribution in [0.5, 0.6) is 11.5 Å². The number of rotatable bonds is 2. The fourth-order valence-electron chi connectivity index (χ4n) is 2.34. The molecule has 3 rings (SSSR count). The van der Waals surface area contributed by atoms with Crippen molar-refractivity contribution in [3.8, 4) is 22.6 Å². The van der Waals surface area contributed by atoms with E-state index in [2.05, 4.69) is 10.5 Å². The Kier molecular flexibility index (Phi) is 3.50. The maximum atomic E-state index is 14.3. The molecule has 0 unspecified atom stereocenters. The van der Waals surface area contributed by atoms with E-state index in [4.69, 9.17) is 0 Å². The van der Waals surface area contributed by atoms with Crippen molar-refractivity contribution in [2.45, 2.75) is 12.8 Å². The average molecular weight is 300 g/mol. The highest BCUT2D eigenvalue weighted by atomic mass is 19.1. The SMILES string of the molecule is O=C1CCC(c2ccc(-c3cccc(O)c3O)c(F)c2)=NN1. The predicted octanol–water partition coefficient (Wildman–Crippen LogP) is 2.52. The number of amides is 1. The minimum absolute atomic E-state index is 0.162. The molecule has 0 saturated carbocycles. The summed E-state index contributed by atoms with van der Waals surface area (Å²) in [5.74, 6) is -1.37. The van der Waals surface area contributed by atoms with Crippen molar-refractivity contribution in [2.24, 2.45) is 5.10 Å². The Morgan fingerprint density at radius 1 is 1.09 bits per heavy atom. The van der Waals surface area contributed by atoms with Crippen LogP contribution in [0.2, 0.25) is 0 Å². The Balaban J connectivity index is 1.99. The molecular weight excluding hydrogens is 287 g/mol. The molecule has 0 aliphatic carbocycles. The average Bonchev–Trinajstić information content (AvgIpc) is 2.51. The number of halogens is 1. The van der Waals surface area contributed by atoms with E-state index in [0.29, 0.717) is 24.1 Å². The third-order valence-corrected chi connectivity index (χ3v) is 3.51. The molecule has 0 saturated heterocycles. The first-order chi connectivity index (χ1) is 10.6. The third kappa shape index (κ3) is 2.50. The van der Waals surface area contributed by atoms with Crippen molar-refractivity contribution in [2.75, 3.05) is 0 Å². The van der Waals surface area contributed by atoms with Crippen LogP contribution < -0.4 is 5.43 Å². The number of phenols is 2. The molecule has 5 nitrogen and oxygen atoms in total. The Labute approximate surface area is 125 Å². The van der Waals surface area contributed by atoms with Crippen LogP contribution in [0.4, 0.5) is 4.39 Å². The summed E-state index contributed by atoms with van der Waals surface area (Å²) in [7, 11) is 0. The van der Waals surface area contributed by atoms with Crippen molar-refractivity contribution >= 4 is 11.6 Å². The lowest BCUT2D eigenvalue weighted by Gasteiger charge is -2.13. The number of carbonyl (C=O) groups excluding carboxylic acids is 1. The lowest BCUT2D eigenvalue weighted by molar-refractivity contribution is -0.121. The van der Waals surface area contributed by atoms with Crippen LogP contribution >= 0.6 is 0 Å². The molecule has 2 aromatic rings. The second kappa shape index (κ2) is 5.48. The van der Waals surface area contributed by atoms with E-state index in [1.165, 1.54) is 30.3 Å². The zero-order valence-corrected chi connectivity index (χ0v) is 11.5. The normalized spacial score (nSPS) is 14.4. The monoisotopic (exact) mass is 300 g/mol. The molecule has 112 valence electrons. The van der Waals surface area contributed by atoms with Gasteiger partial charge in [0.05, 0.1) is 5.71 Å². The maximum Gasteiger partial charge on any atom is 0.240 e. The summed E-state index contributed by atoms with van der Waals surface area (Å²) in [4.78, 5) is 11.1. The van der Waals surface area contributed by atoms with E-state index in [-0.39, 0.29) is 28.5 Å². The van der Waals surface area contributed by atoms with Crippen molar-refractivity contribution in [1.82, 2.24) is 5.43 Å². The Morgan fingerprint density at radius 3 is 2.59 bits per heavy atom. The standard InChI is InChI=1S/C16H13FN2O3/c17-12-8-9(13-6-7-15(21)19-18-13)4-5-10(12)11-2-1-3-14(20)16(11)22/h1-5,8,20,22H,6-7H2,(H,19,21). The molecule has 0 radical (unpaired) electrons. The van der Waals surface area contributed by atoms with E-state index >= 15 is 0 Å². The first kappa shape index (κ1) is 14.1. The van der Waals surface area contributed by atoms with E-state index < -0.39 is 5.82 Å².